The second kappa shape index (κ2) is 8.23. The van der Waals surface area contributed by atoms with E-state index in [4.69, 9.17) is 0 Å². The van der Waals surface area contributed by atoms with Crippen LogP contribution in [0.15, 0.2) is 60.8 Å². The zero-order chi connectivity index (χ0) is 19.2. The molecular formula is C21H20N4O2. The molecule has 2 amide bonds. The van der Waals surface area contributed by atoms with Gasteiger partial charge in [-0.3, -0.25) is 14.6 Å². The van der Waals surface area contributed by atoms with E-state index in [-0.39, 0.29) is 23.2 Å². The second-order valence-electron chi connectivity index (χ2n) is 6.11. The number of aryl methyl sites for hydroxylation is 1. The first-order valence-electron chi connectivity index (χ1n) is 8.57. The maximum Gasteiger partial charge on any atom is 0.274 e. The molecule has 2 N–H and O–H groups in total. The maximum atomic E-state index is 12.5. The fraction of sp³-hybridized carbons (Fsp3) is 0.143. The Morgan fingerprint density at radius 2 is 1.63 bits per heavy atom. The van der Waals surface area contributed by atoms with Gasteiger partial charge in [0.1, 0.15) is 11.4 Å². The van der Waals surface area contributed by atoms with Crippen LogP contribution in [0, 0.1) is 13.8 Å². The Morgan fingerprint density at radius 3 is 2.37 bits per heavy atom. The van der Waals surface area contributed by atoms with E-state index in [9.17, 15) is 9.59 Å². The van der Waals surface area contributed by atoms with Gasteiger partial charge in [-0.15, -0.1) is 0 Å². The molecule has 3 rings (SSSR count). The number of rotatable bonds is 5. The van der Waals surface area contributed by atoms with Gasteiger partial charge >= 0.3 is 0 Å². The lowest BCUT2D eigenvalue weighted by Crippen LogP contribution is -2.25. The average molecular weight is 360 g/mol. The number of amides is 2. The summed E-state index contributed by atoms with van der Waals surface area (Å²) in [5, 5.41) is 5.60. The molecule has 0 aliphatic carbocycles. The summed E-state index contributed by atoms with van der Waals surface area (Å²) in [4.78, 5) is 33.2. The Bertz CT molecular complexity index is 971. The van der Waals surface area contributed by atoms with E-state index in [1.807, 2.05) is 50.2 Å². The number of benzene rings is 1. The van der Waals surface area contributed by atoms with Crippen molar-refractivity contribution in [3.05, 3.63) is 89.0 Å². The normalized spacial score (nSPS) is 10.3. The van der Waals surface area contributed by atoms with Crippen molar-refractivity contribution in [2.75, 3.05) is 5.32 Å². The van der Waals surface area contributed by atoms with Gasteiger partial charge in [-0.1, -0.05) is 24.3 Å². The van der Waals surface area contributed by atoms with Gasteiger partial charge in [0.2, 0.25) is 0 Å². The van der Waals surface area contributed by atoms with Crippen LogP contribution in [0.4, 0.5) is 5.69 Å². The SMILES string of the molecule is Cc1cccc(NC(=O)c2cccc(C(=O)NCc3ccccn3)n2)c1C. The van der Waals surface area contributed by atoms with Crippen molar-refractivity contribution in [2.24, 2.45) is 0 Å². The molecule has 0 unspecified atom stereocenters. The lowest BCUT2D eigenvalue weighted by Gasteiger charge is -2.10. The van der Waals surface area contributed by atoms with E-state index in [0.29, 0.717) is 6.54 Å². The predicted molar refractivity (Wildman–Crippen MR) is 104 cm³/mol. The van der Waals surface area contributed by atoms with Crippen molar-refractivity contribution in [1.82, 2.24) is 15.3 Å². The molecule has 0 spiro atoms. The molecule has 1 aromatic carbocycles. The minimum Gasteiger partial charge on any atom is -0.345 e. The highest BCUT2D eigenvalue weighted by atomic mass is 16.2. The third-order valence-corrected chi connectivity index (χ3v) is 4.22. The number of carbonyl (C=O) groups is 2. The van der Waals surface area contributed by atoms with E-state index in [1.165, 1.54) is 0 Å². The van der Waals surface area contributed by atoms with Crippen LogP contribution >= 0.6 is 0 Å². The molecule has 0 aliphatic heterocycles. The number of anilines is 1. The molecule has 0 saturated heterocycles. The third kappa shape index (κ3) is 4.55. The summed E-state index contributed by atoms with van der Waals surface area (Å²) in [5.74, 6) is -0.717. The molecule has 0 bridgehead atoms. The van der Waals surface area contributed by atoms with Crippen molar-refractivity contribution in [1.29, 1.82) is 0 Å². The Hall–Kier alpha value is -3.54. The standard InChI is InChI=1S/C21H20N4O2/c1-14-7-5-9-17(15(14)2)25-21(27)19-11-6-10-18(24-19)20(26)23-13-16-8-3-4-12-22-16/h3-12H,13H2,1-2H3,(H,23,26)(H,25,27). The fourth-order valence-corrected chi connectivity index (χ4v) is 2.52. The van der Waals surface area contributed by atoms with Gasteiger partial charge in [0.25, 0.3) is 11.8 Å². The van der Waals surface area contributed by atoms with Crippen molar-refractivity contribution < 1.29 is 9.59 Å². The minimum absolute atomic E-state index is 0.180. The van der Waals surface area contributed by atoms with Crippen LogP contribution < -0.4 is 10.6 Å². The largest absolute Gasteiger partial charge is 0.345 e. The monoisotopic (exact) mass is 360 g/mol. The Labute approximate surface area is 157 Å². The van der Waals surface area contributed by atoms with E-state index in [0.717, 1.165) is 22.5 Å². The van der Waals surface area contributed by atoms with Gasteiger partial charge in [0, 0.05) is 11.9 Å². The summed E-state index contributed by atoms with van der Waals surface area (Å²) in [6.45, 7) is 4.22. The van der Waals surface area contributed by atoms with Gasteiger partial charge in [-0.2, -0.15) is 0 Å². The molecule has 0 atom stereocenters. The van der Waals surface area contributed by atoms with Crippen molar-refractivity contribution in [2.45, 2.75) is 20.4 Å². The van der Waals surface area contributed by atoms with Crippen LogP contribution in [-0.4, -0.2) is 21.8 Å². The average Bonchev–Trinajstić information content (AvgIpc) is 2.70. The first-order chi connectivity index (χ1) is 13.0. The molecule has 0 fully saturated rings. The van der Waals surface area contributed by atoms with Crippen molar-refractivity contribution in [3.63, 3.8) is 0 Å². The minimum atomic E-state index is -0.359. The molecule has 0 saturated carbocycles. The number of hydrogen-bond acceptors (Lipinski definition) is 4. The van der Waals surface area contributed by atoms with Gasteiger partial charge < -0.3 is 10.6 Å². The van der Waals surface area contributed by atoms with Crippen molar-refractivity contribution >= 4 is 17.5 Å². The fourth-order valence-electron chi connectivity index (χ4n) is 2.52. The molecule has 0 radical (unpaired) electrons. The number of pyridine rings is 2. The number of aromatic nitrogens is 2. The smallest absolute Gasteiger partial charge is 0.274 e. The van der Waals surface area contributed by atoms with Crippen molar-refractivity contribution in [3.8, 4) is 0 Å². The van der Waals surface area contributed by atoms with Crippen LogP contribution in [0.3, 0.4) is 0 Å². The van der Waals surface area contributed by atoms with Crippen LogP contribution in [0.2, 0.25) is 0 Å². The highest BCUT2D eigenvalue weighted by Gasteiger charge is 2.13. The number of hydrogen-bond donors (Lipinski definition) is 2. The Morgan fingerprint density at radius 1 is 0.889 bits per heavy atom. The van der Waals surface area contributed by atoms with Crippen LogP contribution in [0.5, 0.6) is 0 Å². The van der Waals surface area contributed by atoms with E-state index in [2.05, 4.69) is 20.6 Å². The first-order valence-corrected chi connectivity index (χ1v) is 8.57. The molecule has 6 nitrogen and oxygen atoms in total. The lowest BCUT2D eigenvalue weighted by molar-refractivity contribution is 0.0945. The van der Waals surface area contributed by atoms with Crippen LogP contribution in [0.25, 0.3) is 0 Å². The molecule has 2 heterocycles. The molecule has 6 heteroatoms. The summed E-state index contributed by atoms with van der Waals surface area (Å²) >= 11 is 0. The lowest BCUT2D eigenvalue weighted by atomic mass is 10.1. The maximum absolute atomic E-state index is 12.5. The number of nitrogens with one attached hydrogen (secondary N) is 2. The summed E-state index contributed by atoms with van der Waals surface area (Å²) in [5.41, 5.74) is 3.92. The number of carbonyl (C=O) groups excluding carboxylic acids is 2. The Balaban J connectivity index is 1.70. The summed E-state index contributed by atoms with van der Waals surface area (Å²) in [6, 6.07) is 16.0. The Kier molecular flexibility index (Phi) is 5.56. The summed E-state index contributed by atoms with van der Waals surface area (Å²) in [7, 11) is 0. The first kappa shape index (κ1) is 18.3. The van der Waals surface area contributed by atoms with E-state index < -0.39 is 0 Å². The zero-order valence-corrected chi connectivity index (χ0v) is 15.2. The van der Waals surface area contributed by atoms with Gasteiger partial charge in [-0.05, 0) is 55.3 Å². The van der Waals surface area contributed by atoms with Crippen LogP contribution in [0.1, 0.15) is 37.8 Å². The molecule has 3 aromatic rings. The van der Waals surface area contributed by atoms with E-state index in [1.54, 1.807) is 24.4 Å². The van der Waals surface area contributed by atoms with E-state index >= 15 is 0 Å². The van der Waals surface area contributed by atoms with Gasteiger partial charge in [-0.25, -0.2) is 4.98 Å². The highest BCUT2D eigenvalue weighted by molar-refractivity contribution is 6.04. The van der Waals surface area contributed by atoms with Gasteiger partial charge in [0.05, 0.1) is 12.2 Å². The van der Waals surface area contributed by atoms with Gasteiger partial charge in [0.15, 0.2) is 0 Å². The summed E-state index contributed by atoms with van der Waals surface area (Å²) < 4.78 is 0. The molecule has 0 aliphatic rings. The molecule has 2 aromatic heterocycles. The molecule has 136 valence electrons. The number of nitrogens with zero attached hydrogens (tertiary/aromatic N) is 2. The topological polar surface area (TPSA) is 84.0 Å². The second-order valence-corrected chi connectivity index (χ2v) is 6.11. The molecular weight excluding hydrogens is 340 g/mol. The quantitative estimate of drug-likeness (QED) is 0.731. The van der Waals surface area contributed by atoms with Crippen LogP contribution in [-0.2, 0) is 6.54 Å². The predicted octanol–water partition coefficient (Wildman–Crippen LogP) is 3.28. The summed E-state index contributed by atoms with van der Waals surface area (Å²) in [6.07, 6.45) is 1.66. The zero-order valence-electron chi connectivity index (χ0n) is 15.2. The molecule has 27 heavy (non-hydrogen) atoms. The third-order valence-electron chi connectivity index (χ3n) is 4.22. The highest BCUT2D eigenvalue weighted by Crippen LogP contribution is 2.18.